The molecule has 0 aliphatic heterocycles. The summed E-state index contributed by atoms with van der Waals surface area (Å²) in [5.41, 5.74) is 2.17. The molecule has 0 saturated heterocycles. The van der Waals surface area contributed by atoms with Crippen LogP contribution >= 0.6 is 0 Å². The van der Waals surface area contributed by atoms with Crippen molar-refractivity contribution in [2.75, 3.05) is 0 Å². The lowest BCUT2D eigenvalue weighted by Gasteiger charge is -2.27. The molecule has 0 bridgehead atoms. The van der Waals surface area contributed by atoms with Gasteiger partial charge in [-0.1, -0.05) is 63.2 Å². The second-order valence-corrected chi connectivity index (χ2v) is 5.68. The third-order valence-electron chi connectivity index (χ3n) is 3.71. The zero-order valence-corrected chi connectivity index (χ0v) is 13.0. The first kappa shape index (κ1) is 15.6. The largest absolute Gasteiger partial charge is 0.487 e. The molecule has 1 N–H and O–H groups in total. The zero-order valence-electron chi connectivity index (χ0n) is 13.0. The Morgan fingerprint density at radius 1 is 0.952 bits per heavy atom. The number of aliphatic hydroxyl groups excluding tert-OH is 1. The Hall–Kier alpha value is -1.80. The van der Waals surface area contributed by atoms with Crippen LogP contribution in [-0.2, 0) is 6.42 Å². The molecule has 0 aliphatic carbocycles. The molecule has 2 aromatic carbocycles. The number of hydrogen-bond donors (Lipinski definition) is 1. The summed E-state index contributed by atoms with van der Waals surface area (Å²) in [5.74, 6) is 1.02. The fourth-order valence-electron chi connectivity index (χ4n) is 2.37. The van der Waals surface area contributed by atoms with Crippen LogP contribution in [-0.4, -0.2) is 11.2 Å². The van der Waals surface area contributed by atoms with Crippen LogP contribution in [0.5, 0.6) is 5.75 Å². The van der Waals surface area contributed by atoms with Crippen LogP contribution in [0.3, 0.4) is 0 Å². The molecule has 0 fully saturated rings. The third-order valence-corrected chi connectivity index (χ3v) is 3.71. The van der Waals surface area contributed by atoms with Gasteiger partial charge in [0.2, 0.25) is 0 Å². The van der Waals surface area contributed by atoms with E-state index in [1.807, 2.05) is 42.5 Å². The maximum Gasteiger partial charge on any atom is 0.131 e. The average molecular weight is 284 g/mol. The van der Waals surface area contributed by atoms with Crippen molar-refractivity contribution in [3.8, 4) is 5.75 Å². The molecule has 0 saturated carbocycles. The van der Waals surface area contributed by atoms with E-state index >= 15 is 0 Å². The van der Waals surface area contributed by atoms with Crippen LogP contribution in [0, 0.1) is 5.92 Å². The normalized spacial score (nSPS) is 14.0. The minimum absolute atomic E-state index is 0.214. The smallest absolute Gasteiger partial charge is 0.131 e. The first-order valence-electron chi connectivity index (χ1n) is 7.60. The number of ether oxygens (including phenoxy) is 1. The fourth-order valence-corrected chi connectivity index (χ4v) is 2.37. The van der Waals surface area contributed by atoms with Crippen molar-refractivity contribution in [3.63, 3.8) is 0 Å². The highest BCUT2D eigenvalue weighted by molar-refractivity contribution is 5.28. The van der Waals surface area contributed by atoms with Gasteiger partial charge in [-0.15, -0.1) is 0 Å². The highest BCUT2D eigenvalue weighted by atomic mass is 16.5. The summed E-state index contributed by atoms with van der Waals surface area (Å²) in [4.78, 5) is 0. The summed E-state index contributed by atoms with van der Waals surface area (Å²) in [6, 6.07) is 17.8. The van der Waals surface area contributed by atoms with E-state index in [9.17, 15) is 5.11 Å². The Balaban J connectivity index is 2.15. The fraction of sp³-hybridized carbons (Fsp3) is 0.368. The van der Waals surface area contributed by atoms with E-state index in [0.717, 1.165) is 17.7 Å². The summed E-state index contributed by atoms with van der Waals surface area (Å²) >= 11 is 0. The average Bonchev–Trinajstić information content (AvgIpc) is 2.53. The lowest BCUT2D eigenvalue weighted by molar-refractivity contribution is 0.00788. The summed E-state index contributed by atoms with van der Waals surface area (Å²) in [6.07, 6.45) is 0.123. The molecule has 0 radical (unpaired) electrons. The van der Waals surface area contributed by atoms with E-state index in [-0.39, 0.29) is 12.0 Å². The summed E-state index contributed by atoms with van der Waals surface area (Å²) in [6.45, 7) is 6.26. The van der Waals surface area contributed by atoms with Crippen molar-refractivity contribution in [3.05, 3.63) is 65.7 Å². The van der Waals surface area contributed by atoms with E-state index in [0.29, 0.717) is 0 Å². The Labute approximate surface area is 127 Å². The highest BCUT2D eigenvalue weighted by Crippen LogP contribution is 2.27. The maximum absolute atomic E-state index is 10.6. The van der Waals surface area contributed by atoms with Crippen molar-refractivity contribution in [1.82, 2.24) is 0 Å². The minimum Gasteiger partial charge on any atom is -0.487 e. The molecule has 2 heteroatoms. The summed E-state index contributed by atoms with van der Waals surface area (Å²) in [7, 11) is 0. The monoisotopic (exact) mass is 284 g/mol. The predicted molar refractivity (Wildman–Crippen MR) is 86.5 cm³/mol. The number of hydrogen-bond acceptors (Lipinski definition) is 2. The van der Waals surface area contributed by atoms with Gasteiger partial charge in [0.05, 0.1) is 0 Å². The minimum atomic E-state index is -0.628. The molecule has 0 amide bonds. The molecule has 2 unspecified atom stereocenters. The number of rotatable bonds is 6. The molecular weight excluding hydrogens is 260 g/mol. The van der Waals surface area contributed by atoms with Crippen molar-refractivity contribution >= 4 is 0 Å². The van der Waals surface area contributed by atoms with Crippen LogP contribution in [0.15, 0.2) is 54.6 Å². The molecular formula is C19H24O2. The van der Waals surface area contributed by atoms with Gasteiger partial charge in [-0.3, -0.25) is 0 Å². The SMILES string of the molecule is CCc1ccc(OC(C(C)C)C(O)c2ccccc2)cc1. The molecule has 2 atom stereocenters. The molecule has 112 valence electrons. The van der Waals surface area contributed by atoms with Crippen molar-refractivity contribution in [1.29, 1.82) is 0 Å². The standard InChI is InChI=1S/C19H24O2/c1-4-15-10-12-17(13-11-15)21-19(14(2)3)18(20)16-8-6-5-7-9-16/h5-14,18-20H,4H2,1-3H3. The molecule has 21 heavy (non-hydrogen) atoms. The number of benzene rings is 2. The quantitative estimate of drug-likeness (QED) is 0.852. The first-order valence-corrected chi connectivity index (χ1v) is 7.60. The van der Waals surface area contributed by atoms with Gasteiger partial charge in [-0.05, 0) is 35.6 Å². The van der Waals surface area contributed by atoms with Gasteiger partial charge in [0.25, 0.3) is 0 Å². The second kappa shape index (κ2) is 7.28. The van der Waals surface area contributed by atoms with E-state index in [4.69, 9.17) is 4.74 Å². The number of aryl methyl sites for hydroxylation is 1. The lowest BCUT2D eigenvalue weighted by Crippen LogP contribution is -2.30. The summed E-state index contributed by atoms with van der Waals surface area (Å²) in [5, 5.41) is 10.6. The van der Waals surface area contributed by atoms with Crippen molar-refractivity contribution in [2.24, 2.45) is 5.92 Å². The molecule has 2 rings (SSSR count). The van der Waals surface area contributed by atoms with E-state index in [1.165, 1.54) is 5.56 Å². The molecule has 0 spiro atoms. The van der Waals surface area contributed by atoms with Crippen LogP contribution < -0.4 is 4.74 Å². The van der Waals surface area contributed by atoms with E-state index in [2.05, 4.69) is 32.9 Å². The van der Waals surface area contributed by atoms with Crippen LogP contribution in [0.2, 0.25) is 0 Å². The van der Waals surface area contributed by atoms with Gasteiger partial charge in [0.1, 0.15) is 18.0 Å². The van der Waals surface area contributed by atoms with Gasteiger partial charge in [-0.25, -0.2) is 0 Å². The van der Waals surface area contributed by atoms with E-state index < -0.39 is 6.10 Å². The molecule has 2 aromatic rings. The highest BCUT2D eigenvalue weighted by Gasteiger charge is 2.26. The van der Waals surface area contributed by atoms with Crippen LogP contribution in [0.4, 0.5) is 0 Å². The lowest BCUT2D eigenvalue weighted by atomic mass is 9.96. The van der Waals surface area contributed by atoms with Gasteiger partial charge >= 0.3 is 0 Å². The topological polar surface area (TPSA) is 29.5 Å². The van der Waals surface area contributed by atoms with Gasteiger partial charge in [0, 0.05) is 0 Å². The second-order valence-electron chi connectivity index (χ2n) is 5.68. The summed E-state index contributed by atoms with van der Waals surface area (Å²) < 4.78 is 6.04. The Bertz CT molecular complexity index is 531. The Morgan fingerprint density at radius 3 is 2.10 bits per heavy atom. The first-order chi connectivity index (χ1) is 10.1. The zero-order chi connectivity index (χ0) is 15.2. The van der Waals surface area contributed by atoms with Crippen molar-refractivity contribution < 1.29 is 9.84 Å². The van der Waals surface area contributed by atoms with Crippen LogP contribution in [0.25, 0.3) is 0 Å². The van der Waals surface area contributed by atoms with Crippen molar-refractivity contribution in [2.45, 2.75) is 39.4 Å². The Morgan fingerprint density at radius 2 is 1.57 bits per heavy atom. The molecule has 0 aliphatic rings. The predicted octanol–water partition coefficient (Wildman–Crippen LogP) is 4.39. The molecule has 0 aromatic heterocycles. The van der Waals surface area contributed by atoms with Gasteiger partial charge < -0.3 is 9.84 Å². The van der Waals surface area contributed by atoms with Crippen LogP contribution in [0.1, 0.15) is 38.0 Å². The molecule has 2 nitrogen and oxygen atoms in total. The number of aliphatic hydroxyl groups is 1. The molecule has 0 heterocycles. The maximum atomic E-state index is 10.6. The Kier molecular flexibility index (Phi) is 5.40. The van der Waals surface area contributed by atoms with E-state index in [1.54, 1.807) is 0 Å². The third kappa shape index (κ3) is 4.08. The van der Waals surface area contributed by atoms with Gasteiger partial charge in [0.15, 0.2) is 0 Å². The van der Waals surface area contributed by atoms with Gasteiger partial charge in [-0.2, -0.15) is 0 Å².